The molecule has 0 saturated heterocycles. The molecule has 0 aromatic rings. The molecular weight excluding hydrogens is 360 g/mol. The van der Waals surface area contributed by atoms with Crippen molar-refractivity contribution in [3.05, 3.63) is 0 Å². The maximum absolute atomic E-state index is 4.50. The molecule has 0 spiro atoms. The number of halogens is 1. The summed E-state index contributed by atoms with van der Waals surface area (Å²) in [4.78, 5) is 0. The normalized spacial score (nSPS) is 1.50. The van der Waals surface area contributed by atoms with Crippen molar-refractivity contribution in [3.8, 4) is 0 Å². The van der Waals surface area contributed by atoms with E-state index in [1.165, 1.54) is 7.05 Å². The minimum absolute atomic E-state index is 0. The van der Waals surface area contributed by atoms with Crippen LogP contribution in [0, 0.1) is 0 Å². The van der Waals surface area contributed by atoms with E-state index in [1.807, 2.05) is 0 Å². The Hall–Kier alpha value is 1.61. The van der Waals surface area contributed by atoms with Gasteiger partial charge in [0.2, 0.25) is 0 Å². The first kappa shape index (κ1) is 17.5. The van der Waals surface area contributed by atoms with Gasteiger partial charge in [0.05, 0.1) is 0 Å². The molecule has 0 aliphatic carbocycles. The van der Waals surface area contributed by atoms with Gasteiger partial charge in [0.25, 0.3) is 0 Å². The predicted molar refractivity (Wildman–Crippen MR) is 17.3 cm³/mol. The Labute approximate surface area is 63.5 Å². The van der Waals surface area contributed by atoms with Crippen molar-refractivity contribution in [3.63, 3.8) is 0 Å². The van der Waals surface area contributed by atoms with Gasteiger partial charge in [-0.1, -0.05) is 0 Å². The summed E-state index contributed by atoms with van der Waals surface area (Å²) in [6.07, 6.45) is 0. The molecule has 3 heteroatoms. The second kappa shape index (κ2) is 23.2. The molecule has 0 amide bonds. The van der Waals surface area contributed by atoms with Crippen LogP contribution in [-0.4, -0.2) is 34.3 Å². The predicted octanol–water partition coefficient (Wildman–Crippen LogP) is -4.07. The summed E-state index contributed by atoms with van der Waals surface area (Å²) in [5, 5.41) is 0. The van der Waals surface area contributed by atoms with Crippen molar-refractivity contribution < 1.29 is 24.0 Å². The van der Waals surface area contributed by atoms with Crippen LogP contribution < -0.4 is 29.7 Å². The van der Waals surface area contributed by atoms with Crippen LogP contribution in [0.3, 0.4) is 0 Å². The molecule has 27 valence electrons. The number of rotatable bonds is 0. The maximum atomic E-state index is 4.50. The molecule has 0 aromatic carbocycles. The quantitative estimate of drug-likeness (QED) is 0.343. The number of hydrogen-bond acceptors (Lipinski definition) is 1. The first-order chi connectivity index (χ1) is 1.00. The van der Waals surface area contributed by atoms with E-state index in [1.54, 1.807) is 0 Å². The van der Waals surface area contributed by atoms with Crippen molar-refractivity contribution in [1.29, 1.82) is 0 Å². The van der Waals surface area contributed by atoms with Gasteiger partial charge in [-0.25, -0.2) is 0 Å². The second-order valence-corrected chi connectivity index (χ2v) is 0. The van der Waals surface area contributed by atoms with Crippen LogP contribution in [-0.2, 0) is 0 Å². The van der Waals surface area contributed by atoms with E-state index in [0.717, 1.165) is 0 Å². The van der Waals surface area contributed by atoms with Crippen LogP contribution in [0.15, 0.2) is 0 Å². The van der Waals surface area contributed by atoms with E-state index in [4.69, 9.17) is 0 Å². The summed E-state index contributed by atoms with van der Waals surface area (Å²) in [5.74, 6) is 0. The third-order valence-corrected chi connectivity index (χ3v) is 0. The van der Waals surface area contributed by atoms with E-state index in [2.05, 4.69) is 5.73 Å². The first-order valence-electron chi connectivity index (χ1n) is 0.577. The molecule has 3 radical (unpaired) electrons. The van der Waals surface area contributed by atoms with E-state index in [0.29, 0.717) is 0 Å². The Balaban J connectivity index is -0.00000000500. The fourth-order valence-electron chi connectivity index (χ4n) is 0. The Morgan fingerprint density at radius 2 is 1.25 bits per heavy atom. The zero-order valence-electron chi connectivity index (χ0n) is 2.53. The molecule has 0 fully saturated rings. The van der Waals surface area contributed by atoms with Crippen molar-refractivity contribution >= 4 is 27.3 Å². The molecule has 0 aliphatic heterocycles. The van der Waals surface area contributed by atoms with Crippen LogP contribution in [0.4, 0.5) is 0 Å². The van der Waals surface area contributed by atoms with Gasteiger partial charge in [-0.3, -0.25) is 0 Å². The van der Waals surface area contributed by atoms with Crippen LogP contribution in [0.25, 0.3) is 0 Å². The summed E-state index contributed by atoms with van der Waals surface area (Å²) in [6.45, 7) is 0. The van der Waals surface area contributed by atoms with Gasteiger partial charge in [0, 0.05) is 0 Å². The molecule has 0 aliphatic rings. The molecule has 0 heterocycles. The van der Waals surface area contributed by atoms with E-state index < -0.39 is 0 Å². The van der Waals surface area contributed by atoms with Crippen molar-refractivity contribution in [2.45, 2.75) is 0 Å². The van der Waals surface area contributed by atoms with Gasteiger partial charge in [0.1, 0.15) is 0 Å². The topological polar surface area (TPSA) is 26.0 Å². The summed E-state index contributed by atoms with van der Waals surface area (Å²) in [5.41, 5.74) is 4.50. The molecule has 0 aromatic heterocycles. The number of nitrogens with two attached hydrogens (primary N) is 1. The molecule has 0 atom stereocenters. The molecular formula is CH6INPb-. The second-order valence-electron chi connectivity index (χ2n) is 0. The number of hydrogen-bond donors (Lipinski definition) is 1. The molecule has 0 unspecified atom stereocenters. The molecule has 4 heavy (non-hydrogen) atoms. The summed E-state index contributed by atoms with van der Waals surface area (Å²) >= 11 is 0. The SMILES string of the molecule is CN.[I-].[PbH]. The van der Waals surface area contributed by atoms with Gasteiger partial charge in [-0.2, -0.15) is 0 Å². The monoisotopic (exact) mass is 367 g/mol. The van der Waals surface area contributed by atoms with Crippen LogP contribution in [0.1, 0.15) is 0 Å². The summed E-state index contributed by atoms with van der Waals surface area (Å²) in [6, 6.07) is 0. The van der Waals surface area contributed by atoms with Gasteiger partial charge >= 0.3 is 27.3 Å². The zero-order valence-corrected chi connectivity index (χ0v) is 9.18. The fourth-order valence-corrected chi connectivity index (χ4v) is 0. The van der Waals surface area contributed by atoms with Gasteiger partial charge in [0.15, 0.2) is 0 Å². The van der Waals surface area contributed by atoms with Crippen LogP contribution >= 0.6 is 0 Å². The van der Waals surface area contributed by atoms with E-state index >= 15 is 0 Å². The average Bonchev–Trinajstić information content (AvgIpc) is 1.00. The van der Waals surface area contributed by atoms with Crippen molar-refractivity contribution in [2.24, 2.45) is 5.73 Å². The first-order valence-corrected chi connectivity index (χ1v) is 0.577. The van der Waals surface area contributed by atoms with Gasteiger partial charge in [-0.05, 0) is 7.05 Å². The Morgan fingerprint density at radius 3 is 1.25 bits per heavy atom. The summed E-state index contributed by atoms with van der Waals surface area (Å²) < 4.78 is 0. The van der Waals surface area contributed by atoms with Crippen molar-refractivity contribution in [1.82, 2.24) is 0 Å². The molecule has 1 nitrogen and oxygen atoms in total. The Kier molecular flexibility index (Phi) is 101. The fraction of sp³-hybridized carbons (Fsp3) is 1.00. The zero-order chi connectivity index (χ0) is 2.00. The standard InChI is InChI=1S/CH5N.HI.Pb.H/c1-2;;;/h2H2,1H3;1H;;/p-1. The Bertz CT molecular complexity index is 8.00. The average molecular weight is 366 g/mol. The van der Waals surface area contributed by atoms with E-state index in [9.17, 15) is 0 Å². The molecule has 0 bridgehead atoms. The van der Waals surface area contributed by atoms with E-state index in [-0.39, 0.29) is 51.3 Å². The summed E-state index contributed by atoms with van der Waals surface area (Å²) in [7, 11) is 1.50. The van der Waals surface area contributed by atoms with Gasteiger partial charge < -0.3 is 29.7 Å². The minimum atomic E-state index is 0. The van der Waals surface area contributed by atoms with Crippen LogP contribution in [0.5, 0.6) is 0 Å². The molecule has 0 saturated carbocycles. The molecule has 2 N–H and O–H groups in total. The third-order valence-electron chi connectivity index (χ3n) is 0. The Morgan fingerprint density at radius 1 is 1.25 bits per heavy atom. The van der Waals surface area contributed by atoms with Crippen LogP contribution in [0.2, 0.25) is 0 Å². The molecule has 0 rings (SSSR count). The third kappa shape index (κ3) is 9.48. The van der Waals surface area contributed by atoms with Gasteiger partial charge in [-0.15, -0.1) is 0 Å². The van der Waals surface area contributed by atoms with Crippen molar-refractivity contribution in [2.75, 3.05) is 7.05 Å².